The second-order valence-electron chi connectivity index (χ2n) is 5.78. The third-order valence-electron chi connectivity index (χ3n) is 4.16. The van der Waals surface area contributed by atoms with Crippen LogP contribution in [-0.4, -0.2) is 36.1 Å². The molecule has 2 heterocycles. The van der Waals surface area contributed by atoms with Gasteiger partial charge in [-0.25, -0.2) is 4.98 Å². The highest BCUT2D eigenvalue weighted by Crippen LogP contribution is 2.31. The third-order valence-corrected chi connectivity index (χ3v) is 5.47. The summed E-state index contributed by atoms with van der Waals surface area (Å²) in [5, 5.41) is 1.88. The van der Waals surface area contributed by atoms with E-state index in [0.717, 1.165) is 53.1 Å². The molecule has 0 atom stereocenters. The molecule has 0 N–H and O–H groups in total. The minimum Gasteiger partial charge on any atom is -0.345 e. The van der Waals surface area contributed by atoms with E-state index in [4.69, 9.17) is 16.6 Å². The number of aromatic nitrogens is 1. The Morgan fingerprint density at radius 3 is 2.83 bits per heavy atom. The number of hydrogen-bond donors (Lipinski definition) is 0. The number of rotatable bonds is 3. The minimum absolute atomic E-state index is 0.775. The van der Waals surface area contributed by atoms with Crippen molar-refractivity contribution >= 4 is 38.3 Å². The Morgan fingerprint density at radius 2 is 2.04 bits per heavy atom. The molecule has 0 saturated carbocycles. The molecular weight excluding hydrogens is 326 g/mol. The first-order valence-electron chi connectivity index (χ1n) is 7.76. The number of hydrogen-bond acceptors (Lipinski definition) is 4. The van der Waals surface area contributed by atoms with Crippen molar-refractivity contribution < 1.29 is 0 Å². The zero-order valence-corrected chi connectivity index (χ0v) is 14.3. The summed E-state index contributed by atoms with van der Waals surface area (Å²) in [5.41, 5.74) is 2.37. The summed E-state index contributed by atoms with van der Waals surface area (Å²) in [5.74, 6) is 0. The highest BCUT2D eigenvalue weighted by molar-refractivity contribution is 7.22. The van der Waals surface area contributed by atoms with Crippen LogP contribution in [0.4, 0.5) is 5.13 Å². The summed E-state index contributed by atoms with van der Waals surface area (Å²) in [6.45, 7) is 5.16. The number of nitrogens with zero attached hydrogens (tertiary/aromatic N) is 3. The van der Waals surface area contributed by atoms with Crippen molar-refractivity contribution in [2.24, 2.45) is 0 Å². The predicted molar refractivity (Wildman–Crippen MR) is 97.4 cm³/mol. The van der Waals surface area contributed by atoms with E-state index in [0.29, 0.717) is 0 Å². The first kappa shape index (κ1) is 14.9. The molecule has 1 saturated heterocycles. The lowest BCUT2D eigenvalue weighted by atomic mass is 10.2. The van der Waals surface area contributed by atoms with Gasteiger partial charge in [-0.2, -0.15) is 0 Å². The van der Waals surface area contributed by atoms with Crippen LogP contribution in [0, 0.1) is 6.07 Å². The van der Waals surface area contributed by atoms with Crippen molar-refractivity contribution in [3.8, 4) is 0 Å². The van der Waals surface area contributed by atoms with Gasteiger partial charge in [-0.1, -0.05) is 41.1 Å². The molecule has 0 amide bonds. The van der Waals surface area contributed by atoms with Crippen LogP contribution in [0.3, 0.4) is 0 Å². The zero-order chi connectivity index (χ0) is 15.6. The quantitative estimate of drug-likeness (QED) is 0.715. The normalized spacial score (nSPS) is 16.1. The monoisotopic (exact) mass is 342 g/mol. The average Bonchev–Trinajstić information content (AvgIpc) is 2.99. The molecule has 1 fully saturated rings. The Balaban J connectivity index is 1.42. The molecule has 0 aliphatic carbocycles. The van der Waals surface area contributed by atoms with E-state index in [2.05, 4.69) is 34.1 Å². The van der Waals surface area contributed by atoms with Gasteiger partial charge in [0, 0.05) is 37.7 Å². The Bertz CT molecular complexity index is 794. The standard InChI is InChI=1S/C18H17ClN3S/c19-15-6-7-16-17(12-15)23-18(20-16)22-10-8-21(9-11-22)13-14-4-2-1-3-5-14/h1-2,4-7,12H,8-11,13H2. The molecule has 3 aromatic rings. The van der Waals surface area contributed by atoms with E-state index in [-0.39, 0.29) is 0 Å². The topological polar surface area (TPSA) is 19.4 Å². The number of halogens is 1. The van der Waals surface area contributed by atoms with E-state index in [1.165, 1.54) is 5.56 Å². The molecule has 0 bridgehead atoms. The van der Waals surface area contributed by atoms with Crippen LogP contribution in [-0.2, 0) is 6.54 Å². The van der Waals surface area contributed by atoms with E-state index >= 15 is 0 Å². The third kappa shape index (κ3) is 3.34. The largest absolute Gasteiger partial charge is 0.345 e. The lowest BCUT2D eigenvalue weighted by molar-refractivity contribution is 0.250. The first-order chi connectivity index (χ1) is 11.3. The van der Waals surface area contributed by atoms with Gasteiger partial charge in [0.25, 0.3) is 0 Å². The maximum atomic E-state index is 6.07. The molecular formula is C18H17ClN3S. The fraction of sp³-hybridized carbons (Fsp3) is 0.278. The summed E-state index contributed by atoms with van der Waals surface area (Å²) in [4.78, 5) is 9.62. The molecule has 0 spiro atoms. The van der Waals surface area contributed by atoms with Crippen molar-refractivity contribution in [3.05, 3.63) is 59.1 Å². The second kappa shape index (κ2) is 6.48. The molecule has 1 aromatic heterocycles. The molecule has 1 aliphatic heterocycles. The van der Waals surface area contributed by atoms with Crippen LogP contribution in [0.1, 0.15) is 5.56 Å². The zero-order valence-electron chi connectivity index (χ0n) is 12.7. The van der Waals surface area contributed by atoms with Gasteiger partial charge in [0.2, 0.25) is 0 Å². The number of anilines is 1. The van der Waals surface area contributed by atoms with Gasteiger partial charge in [0.1, 0.15) is 0 Å². The molecule has 117 valence electrons. The van der Waals surface area contributed by atoms with E-state index in [1.54, 1.807) is 11.3 Å². The SMILES string of the molecule is Clc1ccc2nc(N3CCN(Cc4c[c]ccc4)CC3)sc2c1. The fourth-order valence-electron chi connectivity index (χ4n) is 2.91. The molecule has 5 heteroatoms. The van der Waals surface area contributed by atoms with Crippen LogP contribution in [0.2, 0.25) is 5.02 Å². The van der Waals surface area contributed by atoms with Gasteiger partial charge < -0.3 is 4.90 Å². The molecule has 0 unspecified atom stereocenters. The second-order valence-corrected chi connectivity index (χ2v) is 7.23. The lowest BCUT2D eigenvalue weighted by Crippen LogP contribution is -2.45. The summed E-state index contributed by atoms with van der Waals surface area (Å²) in [7, 11) is 0. The molecule has 1 aliphatic rings. The summed E-state index contributed by atoms with van der Waals surface area (Å²) in [6, 6.07) is 17.3. The predicted octanol–water partition coefficient (Wildman–Crippen LogP) is 4.07. The number of piperazine rings is 1. The Hall–Kier alpha value is -1.62. The van der Waals surface area contributed by atoms with E-state index in [1.807, 2.05) is 24.3 Å². The smallest absolute Gasteiger partial charge is 0.186 e. The van der Waals surface area contributed by atoms with Crippen molar-refractivity contribution in [2.75, 3.05) is 31.1 Å². The Morgan fingerprint density at radius 1 is 1.17 bits per heavy atom. The fourth-order valence-corrected chi connectivity index (χ4v) is 4.20. The first-order valence-corrected chi connectivity index (χ1v) is 8.96. The molecule has 4 rings (SSSR count). The van der Waals surface area contributed by atoms with Crippen molar-refractivity contribution in [1.82, 2.24) is 9.88 Å². The van der Waals surface area contributed by atoms with Gasteiger partial charge in [-0.3, -0.25) is 4.90 Å². The summed E-state index contributed by atoms with van der Waals surface area (Å²) >= 11 is 7.80. The minimum atomic E-state index is 0.775. The summed E-state index contributed by atoms with van der Waals surface area (Å²) < 4.78 is 1.16. The number of thiazole rings is 1. The van der Waals surface area contributed by atoms with Crippen molar-refractivity contribution in [2.45, 2.75) is 6.54 Å². The van der Waals surface area contributed by atoms with Crippen molar-refractivity contribution in [3.63, 3.8) is 0 Å². The maximum Gasteiger partial charge on any atom is 0.186 e. The van der Waals surface area contributed by atoms with Crippen LogP contribution < -0.4 is 4.90 Å². The average molecular weight is 343 g/mol. The van der Waals surface area contributed by atoms with Gasteiger partial charge >= 0.3 is 0 Å². The van der Waals surface area contributed by atoms with Gasteiger partial charge in [-0.05, 0) is 35.9 Å². The lowest BCUT2D eigenvalue weighted by Gasteiger charge is -2.34. The highest BCUT2D eigenvalue weighted by Gasteiger charge is 2.19. The summed E-state index contributed by atoms with van der Waals surface area (Å²) in [6.07, 6.45) is 0. The molecule has 3 nitrogen and oxygen atoms in total. The molecule has 23 heavy (non-hydrogen) atoms. The number of benzene rings is 2. The number of fused-ring (bicyclic) bond motifs is 1. The van der Waals surface area contributed by atoms with Crippen LogP contribution in [0.25, 0.3) is 10.2 Å². The van der Waals surface area contributed by atoms with Gasteiger partial charge in [0.15, 0.2) is 5.13 Å². The van der Waals surface area contributed by atoms with Crippen LogP contribution in [0.5, 0.6) is 0 Å². The Kier molecular flexibility index (Phi) is 4.21. The van der Waals surface area contributed by atoms with E-state index < -0.39 is 0 Å². The van der Waals surface area contributed by atoms with Crippen LogP contribution >= 0.6 is 22.9 Å². The molecule has 2 aromatic carbocycles. The van der Waals surface area contributed by atoms with E-state index in [9.17, 15) is 0 Å². The molecule has 1 radical (unpaired) electrons. The highest BCUT2D eigenvalue weighted by atomic mass is 35.5. The van der Waals surface area contributed by atoms with Crippen molar-refractivity contribution in [1.29, 1.82) is 0 Å². The maximum absolute atomic E-state index is 6.07. The van der Waals surface area contributed by atoms with Crippen LogP contribution in [0.15, 0.2) is 42.5 Å². The Labute approximate surface area is 145 Å². The van der Waals surface area contributed by atoms with Gasteiger partial charge in [0.05, 0.1) is 10.2 Å². The van der Waals surface area contributed by atoms with Gasteiger partial charge in [-0.15, -0.1) is 0 Å².